The molecular formula is C12H15N3O2. The highest BCUT2D eigenvalue weighted by Gasteiger charge is 2.14. The van der Waals surface area contributed by atoms with E-state index in [1.807, 2.05) is 6.92 Å². The van der Waals surface area contributed by atoms with Crippen molar-refractivity contribution in [2.45, 2.75) is 13.0 Å². The molecule has 1 N–H and O–H groups in total. The minimum absolute atomic E-state index is 0.0524. The quantitative estimate of drug-likeness (QED) is 0.846. The van der Waals surface area contributed by atoms with E-state index in [1.54, 1.807) is 12.1 Å². The third-order valence-corrected chi connectivity index (χ3v) is 2.48. The second-order valence-corrected chi connectivity index (χ2v) is 3.94. The van der Waals surface area contributed by atoms with E-state index < -0.39 is 0 Å². The van der Waals surface area contributed by atoms with E-state index >= 15 is 0 Å². The lowest BCUT2D eigenvalue weighted by molar-refractivity contribution is -0.0819. The Morgan fingerprint density at radius 3 is 3.12 bits per heavy atom. The largest absolute Gasteiger partial charge is 0.376 e. The van der Waals surface area contributed by atoms with Crippen molar-refractivity contribution in [1.29, 1.82) is 5.26 Å². The number of rotatable bonds is 3. The van der Waals surface area contributed by atoms with Crippen molar-refractivity contribution in [2.24, 2.45) is 0 Å². The van der Waals surface area contributed by atoms with Gasteiger partial charge in [0.1, 0.15) is 5.82 Å². The van der Waals surface area contributed by atoms with Gasteiger partial charge in [0, 0.05) is 12.2 Å². The Morgan fingerprint density at radius 2 is 2.41 bits per heavy atom. The van der Waals surface area contributed by atoms with Crippen LogP contribution in [0.4, 0.5) is 5.82 Å². The summed E-state index contributed by atoms with van der Waals surface area (Å²) < 4.78 is 10.8. The number of nitriles is 1. The SMILES string of the molecule is Cc1cc(C#N)cc(NCC2COCCO2)n1. The van der Waals surface area contributed by atoms with Crippen molar-refractivity contribution < 1.29 is 9.47 Å². The normalized spacial score (nSPS) is 19.6. The van der Waals surface area contributed by atoms with Gasteiger partial charge in [0.05, 0.1) is 37.6 Å². The predicted molar refractivity (Wildman–Crippen MR) is 62.7 cm³/mol. The number of nitrogens with one attached hydrogen (secondary N) is 1. The summed E-state index contributed by atoms with van der Waals surface area (Å²) >= 11 is 0. The number of ether oxygens (including phenoxy) is 2. The lowest BCUT2D eigenvalue weighted by atomic mass is 10.2. The zero-order valence-electron chi connectivity index (χ0n) is 9.77. The van der Waals surface area contributed by atoms with E-state index in [0.29, 0.717) is 37.7 Å². The molecule has 17 heavy (non-hydrogen) atoms. The molecule has 0 aromatic carbocycles. The van der Waals surface area contributed by atoms with Crippen LogP contribution < -0.4 is 5.32 Å². The minimum atomic E-state index is 0.0524. The number of aryl methyl sites for hydroxylation is 1. The van der Waals surface area contributed by atoms with Gasteiger partial charge in [-0.1, -0.05) is 0 Å². The Balaban J connectivity index is 1.94. The van der Waals surface area contributed by atoms with Crippen LogP contribution >= 0.6 is 0 Å². The number of anilines is 1. The van der Waals surface area contributed by atoms with Crippen LogP contribution in [0.3, 0.4) is 0 Å². The molecule has 1 fully saturated rings. The van der Waals surface area contributed by atoms with Crippen molar-refractivity contribution in [3.05, 3.63) is 23.4 Å². The van der Waals surface area contributed by atoms with Crippen LogP contribution in [0.15, 0.2) is 12.1 Å². The van der Waals surface area contributed by atoms with Crippen LogP contribution in [-0.4, -0.2) is 37.5 Å². The molecule has 0 saturated carbocycles. The van der Waals surface area contributed by atoms with E-state index in [-0.39, 0.29) is 6.10 Å². The van der Waals surface area contributed by atoms with Crippen molar-refractivity contribution in [3.8, 4) is 6.07 Å². The first-order valence-corrected chi connectivity index (χ1v) is 5.60. The molecule has 1 aliphatic heterocycles. The zero-order chi connectivity index (χ0) is 12.1. The van der Waals surface area contributed by atoms with Crippen molar-refractivity contribution in [3.63, 3.8) is 0 Å². The summed E-state index contributed by atoms with van der Waals surface area (Å²) in [6.07, 6.45) is 0.0524. The molecular weight excluding hydrogens is 218 g/mol. The first-order chi connectivity index (χ1) is 8.28. The van der Waals surface area contributed by atoms with Gasteiger partial charge in [-0.2, -0.15) is 5.26 Å². The summed E-state index contributed by atoms with van der Waals surface area (Å²) in [6.45, 7) is 4.41. The molecule has 0 amide bonds. The summed E-state index contributed by atoms with van der Waals surface area (Å²) in [5.41, 5.74) is 1.44. The number of pyridine rings is 1. The molecule has 0 spiro atoms. The molecule has 1 atom stereocenters. The van der Waals surface area contributed by atoms with Crippen LogP contribution in [0, 0.1) is 18.3 Å². The third-order valence-electron chi connectivity index (χ3n) is 2.48. The lowest BCUT2D eigenvalue weighted by Crippen LogP contribution is -2.34. The molecule has 0 aliphatic carbocycles. The summed E-state index contributed by atoms with van der Waals surface area (Å²) in [5.74, 6) is 0.704. The predicted octanol–water partition coefficient (Wildman–Crippen LogP) is 1.09. The Hall–Kier alpha value is -1.64. The fourth-order valence-electron chi connectivity index (χ4n) is 1.70. The average Bonchev–Trinajstić information content (AvgIpc) is 2.37. The van der Waals surface area contributed by atoms with Gasteiger partial charge >= 0.3 is 0 Å². The smallest absolute Gasteiger partial charge is 0.127 e. The molecule has 2 heterocycles. The third kappa shape index (κ3) is 3.41. The van der Waals surface area contributed by atoms with E-state index in [4.69, 9.17) is 14.7 Å². The average molecular weight is 233 g/mol. The Bertz CT molecular complexity index is 422. The van der Waals surface area contributed by atoms with Gasteiger partial charge in [0.15, 0.2) is 0 Å². The number of hydrogen-bond donors (Lipinski definition) is 1. The Morgan fingerprint density at radius 1 is 1.53 bits per heavy atom. The number of nitrogens with zero attached hydrogens (tertiary/aromatic N) is 2. The summed E-state index contributed by atoms with van der Waals surface area (Å²) in [4.78, 5) is 4.31. The maximum Gasteiger partial charge on any atom is 0.127 e. The fraction of sp³-hybridized carbons (Fsp3) is 0.500. The molecule has 1 aliphatic rings. The highest BCUT2D eigenvalue weighted by Crippen LogP contribution is 2.10. The highest BCUT2D eigenvalue weighted by atomic mass is 16.6. The first kappa shape index (κ1) is 11.8. The molecule has 1 aromatic heterocycles. The van der Waals surface area contributed by atoms with E-state index in [1.165, 1.54) is 0 Å². The van der Waals surface area contributed by atoms with Gasteiger partial charge in [-0.25, -0.2) is 4.98 Å². The van der Waals surface area contributed by atoms with Crippen LogP contribution in [-0.2, 0) is 9.47 Å². The number of aromatic nitrogens is 1. The molecule has 2 rings (SSSR count). The maximum absolute atomic E-state index is 8.85. The molecule has 1 aromatic rings. The van der Waals surface area contributed by atoms with Crippen molar-refractivity contribution in [2.75, 3.05) is 31.7 Å². The van der Waals surface area contributed by atoms with E-state index in [2.05, 4.69) is 16.4 Å². The summed E-state index contributed by atoms with van der Waals surface area (Å²) in [7, 11) is 0. The fourth-order valence-corrected chi connectivity index (χ4v) is 1.70. The molecule has 1 unspecified atom stereocenters. The maximum atomic E-state index is 8.85. The highest BCUT2D eigenvalue weighted by molar-refractivity contribution is 5.44. The first-order valence-electron chi connectivity index (χ1n) is 5.60. The van der Waals surface area contributed by atoms with Crippen LogP contribution in [0.1, 0.15) is 11.3 Å². The van der Waals surface area contributed by atoms with Crippen molar-refractivity contribution >= 4 is 5.82 Å². The Kier molecular flexibility index (Phi) is 3.91. The lowest BCUT2D eigenvalue weighted by Gasteiger charge is -2.23. The standard InChI is InChI=1S/C12H15N3O2/c1-9-4-10(6-13)5-12(15-9)14-7-11-8-16-2-3-17-11/h4-5,11H,2-3,7-8H2,1H3,(H,14,15). The summed E-state index contributed by atoms with van der Waals surface area (Å²) in [6, 6.07) is 5.60. The van der Waals surface area contributed by atoms with Gasteiger partial charge < -0.3 is 14.8 Å². The van der Waals surface area contributed by atoms with Crippen LogP contribution in [0.25, 0.3) is 0 Å². The minimum Gasteiger partial charge on any atom is -0.376 e. The second-order valence-electron chi connectivity index (χ2n) is 3.94. The second kappa shape index (κ2) is 5.62. The van der Waals surface area contributed by atoms with Gasteiger partial charge in [0.25, 0.3) is 0 Å². The van der Waals surface area contributed by atoms with Crippen LogP contribution in [0.2, 0.25) is 0 Å². The van der Waals surface area contributed by atoms with Gasteiger partial charge in [-0.3, -0.25) is 0 Å². The molecule has 90 valence electrons. The van der Waals surface area contributed by atoms with Gasteiger partial charge in [-0.05, 0) is 19.1 Å². The monoisotopic (exact) mass is 233 g/mol. The molecule has 1 saturated heterocycles. The molecule has 5 nitrogen and oxygen atoms in total. The van der Waals surface area contributed by atoms with Crippen molar-refractivity contribution in [1.82, 2.24) is 4.98 Å². The number of hydrogen-bond acceptors (Lipinski definition) is 5. The summed E-state index contributed by atoms with van der Waals surface area (Å²) in [5, 5.41) is 12.0. The molecule has 5 heteroatoms. The van der Waals surface area contributed by atoms with E-state index in [9.17, 15) is 0 Å². The van der Waals surface area contributed by atoms with E-state index in [0.717, 1.165) is 5.69 Å². The molecule has 0 radical (unpaired) electrons. The van der Waals surface area contributed by atoms with Crippen LogP contribution in [0.5, 0.6) is 0 Å². The van der Waals surface area contributed by atoms with Gasteiger partial charge in [0.2, 0.25) is 0 Å². The van der Waals surface area contributed by atoms with Gasteiger partial charge in [-0.15, -0.1) is 0 Å². The zero-order valence-corrected chi connectivity index (χ0v) is 9.77. The Labute approximate surface area is 100 Å². The molecule has 0 bridgehead atoms. The topological polar surface area (TPSA) is 67.2 Å².